The summed E-state index contributed by atoms with van der Waals surface area (Å²) < 4.78 is 10.6. The molecule has 0 aliphatic rings. The van der Waals surface area contributed by atoms with Crippen LogP contribution in [-0.2, 0) is 0 Å². The van der Waals surface area contributed by atoms with Crippen LogP contribution in [0.15, 0.2) is 12.1 Å². The molecule has 0 spiro atoms. The molecule has 0 bridgehead atoms. The van der Waals surface area contributed by atoms with Crippen molar-refractivity contribution in [2.75, 3.05) is 14.2 Å². The molecule has 0 N–H and O–H groups in total. The van der Waals surface area contributed by atoms with E-state index in [0.29, 0.717) is 17.4 Å². The van der Waals surface area contributed by atoms with Crippen LogP contribution in [0.2, 0.25) is 5.02 Å². The van der Waals surface area contributed by atoms with E-state index in [1.165, 1.54) is 0 Å². The Morgan fingerprint density at radius 1 is 1.11 bits per heavy atom. The van der Waals surface area contributed by atoms with Gasteiger partial charge in [0.05, 0.1) is 24.8 Å². The van der Waals surface area contributed by atoms with Gasteiger partial charge in [-0.25, -0.2) is 0 Å². The Labute approximate surface area is 118 Å². The van der Waals surface area contributed by atoms with E-state index in [0.717, 1.165) is 27.2 Å². The number of nitrogens with zero attached hydrogens (tertiary/aromatic N) is 1. The van der Waals surface area contributed by atoms with E-state index in [-0.39, 0.29) is 0 Å². The van der Waals surface area contributed by atoms with E-state index in [1.807, 2.05) is 19.1 Å². The summed E-state index contributed by atoms with van der Waals surface area (Å²) in [6.45, 7) is 6.21. The lowest BCUT2D eigenvalue weighted by Crippen LogP contribution is -1.99. The van der Waals surface area contributed by atoms with Gasteiger partial charge < -0.3 is 9.47 Å². The van der Waals surface area contributed by atoms with E-state index < -0.39 is 0 Å². The molecule has 1 heterocycles. The van der Waals surface area contributed by atoms with Crippen LogP contribution in [0.5, 0.6) is 11.5 Å². The van der Waals surface area contributed by atoms with Gasteiger partial charge in [0.2, 0.25) is 0 Å². The summed E-state index contributed by atoms with van der Waals surface area (Å²) in [5.74, 6) is 1.66. The van der Waals surface area contributed by atoms with E-state index >= 15 is 0 Å². The lowest BCUT2D eigenvalue weighted by atomic mass is 9.99. The van der Waals surface area contributed by atoms with Gasteiger partial charge in [0.15, 0.2) is 11.5 Å². The second-order valence-electron chi connectivity index (χ2n) is 4.80. The minimum absolute atomic E-state index is 0.331. The van der Waals surface area contributed by atoms with Gasteiger partial charge in [-0.05, 0) is 24.5 Å². The van der Waals surface area contributed by atoms with Crippen molar-refractivity contribution in [3.63, 3.8) is 0 Å². The smallest absolute Gasteiger partial charge is 0.162 e. The summed E-state index contributed by atoms with van der Waals surface area (Å²) in [6, 6.07) is 3.74. The van der Waals surface area contributed by atoms with Crippen LogP contribution < -0.4 is 9.47 Å². The molecule has 19 heavy (non-hydrogen) atoms. The average Bonchev–Trinajstić information content (AvgIpc) is 2.36. The Morgan fingerprint density at radius 2 is 1.68 bits per heavy atom. The van der Waals surface area contributed by atoms with Gasteiger partial charge in [0.25, 0.3) is 0 Å². The van der Waals surface area contributed by atoms with E-state index in [9.17, 15) is 0 Å². The lowest BCUT2D eigenvalue weighted by molar-refractivity contribution is 0.356. The maximum atomic E-state index is 6.53. The van der Waals surface area contributed by atoms with Crippen LogP contribution in [-0.4, -0.2) is 19.2 Å². The molecule has 3 nitrogen and oxygen atoms in total. The summed E-state index contributed by atoms with van der Waals surface area (Å²) >= 11 is 6.53. The maximum Gasteiger partial charge on any atom is 0.162 e. The van der Waals surface area contributed by atoms with Gasteiger partial charge in [-0.15, -0.1) is 0 Å². The van der Waals surface area contributed by atoms with Crippen molar-refractivity contribution in [3.05, 3.63) is 28.4 Å². The number of methoxy groups -OCH3 is 2. The van der Waals surface area contributed by atoms with Crippen molar-refractivity contribution in [2.24, 2.45) is 0 Å². The van der Waals surface area contributed by atoms with Crippen LogP contribution in [0.1, 0.15) is 31.0 Å². The van der Waals surface area contributed by atoms with Crippen LogP contribution >= 0.6 is 11.6 Å². The van der Waals surface area contributed by atoms with Crippen LogP contribution in [0.3, 0.4) is 0 Å². The lowest BCUT2D eigenvalue weighted by Gasteiger charge is -2.15. The third-order valence-electron chi connectivity index (χ3n) is 3.23. The van der Waals surface area contributed by atoms with Gasteiger partial charge in [0.1, 0.15) is 0 Å². The quantitative estimate of drug-likeness (QED) is 0.838. The Bertz CT molecular complexity index is 623. The fourth-order valence-corrected chi connectivity index (χ4v) is 2.86. The van der Waals surface area contributed by atoms with Gasteiger partial charge in [0, 0.05) is 17.1 Å². The summed E-state index contributed by atoms with van der Waals surface area (Å²) in [5.41, 5.74) is 2.87. The zero-order valence-corrected chi connectivity index (χ0v) is 12.6. The van der Waals surface area contributed by atoms with Gasteiger partial charge in [-0.2, -0.15) is 0 Å². The number of benzene rings is 1. The van der Waals surface area contributed by atoms with Crippen molar-refractivity contribution >= 4 is 22.5 Å². The Balaban J connectivity index is 2.82. The monoisotopic (exact) mass is 279 g/mol. The molecule has 2 aromatic rings. The number of rotatable bonds is 3. The number of ether oxygens (including phenoxy) is 2. The highest BCUT2D eigenvalue weighted by atomic mass is 35.5. The van der Waals surface area contributed by atoms with E-state index in [2.05, 4.69) is 18.8 Å². The second-order valence-corrected chi connectivity index (χ2v) is 5.18. The second kappa shape index (κ2) is 5.25. The largest absolute Gasteiger partial charge is 0.493 e. The van der Waals surface area contributed by atoms with Crippen LogP contribution in [0.4, 0.5) is 0 Å². The summed E-state index contributed by atoms with van der Waals surface area (Å²) in [6.07, 6.45) is 0. The molecule has 0 atom stereocenters. The number of hydrogen-bond donors (Lipinski definition) is 0. The molecule has 0 amide bonds. The fourth-order valence-electron chi connectivity index (χ4n) is 2.35. The van der Waals surface area contributed by atoms with E-state index in [4.69, 9.17) is 21.1 Å². The standard InChI is InChI=1S/C15H18ClNO2/c1-8(2)14-9(3)17-11-7-13(19-5)12(18-4)6-10(11)15(14)16/h6-8H,1-5H3. The van der Waals surface area contributed by atoms with Gasteiger partial charge in [-0.1, -0.05) is 25.4 Å². The highest BCUT2D eigenvalue weighted by molar-refractivity contribution is 6.36. The molecule has 102 valence electrons. The van der Waals surface area contributed by atoms with Gasteiger partial charge in [-0.3, -0.25) is 4.98 Å². The third-order valence-corrected chi connectivity index (χ3v) is 3.64. The first-order valence-electron chi connectivity index (χ1n) is 6.21. The predicted molar refractivity (Wildman–Crippen MR) is 78.7 cm³/mol. The Hall–Kier alpha value is -1.48. The molecule has 0 saturated carbocycles. The molecule has 0 unspecified atom stereocenters. The molecule has 0 fully saturated rings. The van der Waals surface area contributed by atoms with Crippen molar-refractivity contribution < 1.29 is 9.47 Å². The van der Waals surface area contributed by atoms with Crippen molar-refractivity contribution in [3.8, 4) is 11.5 Å². The van der Waals surface area contributed by atoms with E-state index in [1.54, 1.807) is 14.2 Å². The highest BCUT2D eigenvalue weighted by Crippen LogP contribution is 2.38. The molecule has 1 aromatic carbocycles. The molecular formula is C15H18ClNO2. The van der Waals surface area contributed by atoms with Crippen LogP contribution in [0.25, 0.3) is 10.9 Å². The summed E-state index contributed by atoms with van der Waals surface area (Å²) in [5, 5.41) is 1.65. The maximum absolute atomic E-state index is 6.53. The first kappa shape index (κ1) is 13.9. The molecule has 0 radical (unpaired) electrons. The molecule has 2 rings (SSSR count). The number of hydrogen-bond acceptors (Lipinski definition) is 3. The summed E-state index contributed by atoms with van der Waals surface area (Å²) in [4.78, 5) is 4.62. The number of aryl methyl sites for hydroxylation is 1. The molecule has 0 aliphatic carbocycles. The zero-order chi connectivity index (χ0) is 14.2. The van der Waals surface area contributed by atoms with Crippen molar-refractivity contribution in [2.45, 2.75) is 26.7 Å². The third kappa shape index (κ3) is 2.35. The number of halogens is 1. The minimum Gasteiger partial charge on any atom is -0.493 e. The van der Waals surface area contributed by atoms with Crippen LogP contribution in [0, 0.1) is 6.92 Å². The fraction of sp³-hybridized carbons (Fsp3) is 0.400. The average molecular weight is 280 g/mol. The van der Waals surface area contributed by atoms with Crippen molar-refractivity contribution in [1.82, 2.24) is 4.98 Å². The summed E-state index contributed by atoms with van der Waals surface area (Å²) in [7, 11) is 3.23. The predicted octanol–water partition coefficient (Wildman–Crippen LogP) is 4.34. The minimum atomic E-state index is 0.331. The Morgan fingerprint density at radius 3 is 2.21 bits per heavy atom. The Kier molecular flexibility index (Phi) is 3.85. The first-order valence-corrected chi connectivity index (χ1v) is 6.59. The normalized spacial score (nSPS) is 11.1. The molecule has 4 heteroatoms. The SMILES string of the molecule is COc1cc2nc(C)c(C(C)C)c(Cl)c2cc1OC. The molecular weight excluding hydrogens is 262 g/mol. The molecule has 0 aliphatic heterocycles. The number of aromatic nitrogens is 1. The topological polar surface area (TPSA) is 31.4 Å². The van der Waals surface area contributed by atoms with Crippen molar-refractivity contribution in [1.29, 1.82) is 0 Å². The zero-order valence-electron chi connectivity index (χ0n) is 11.9. The number of pyridine rings is 1. The van der Waals surface area contributed by atoms with Gasteiger partial charge >= 0.3 is 0 Å². The molecule has 0 saturated heterocycles. The molecule has 1 aromatic heterocycles. The first-order chi connectivity index (χ1) is 8.99. The number of fused-ring (bicyclic) bond motifs is 1. The highest BCUT2D eigenvalue weighted by Gasteiger charge is 2.16.